The van der Waals surface area contributed by atoms with Gasteiger partial charge in [0.05, 0.1) is 11.3 Å². The fourth-order valence-corrected chi connectivity index (χ4v) is 2.27. The zero-order chi connectivity index (χ0) is 13.3. The maximum atomic E-state index is 11.4. The van der Waals surface area contributed by atoms with Crippen molar-refractivity contribution in [3.05, 3.63) is 41.9 Å². The molecule has 2 N–H and O–H groups in total. The molecule has 0 aliphatic rings. The third kappa shape index (κ3) is 2.01. The molecule has 0 saturated heterocycles. The van der Waals surface area contributed by atoms with E-state index in [1.54, 1.807) is 12.4 Å². The molecule has 18 heavy (non-hydrogen) atoms. The minimum absolute atomic E-state index is 0.258. The van der Waals surface area contributed by atoms with Crippen molar-refractivity contribution in [2.24, 2.45) is 5.73 Å². The van der Waals surface area contributed by atoms with Crippen molar-refractivity contribution >= 4 is 5.91 Å². The van der Waals surface area contributed by atoms with Crippen LogP contribution in [0.25, 0.3) is 11.3 Å². The predicted octanol–water partition coefficient (Wildman–Crippen LogP) is 2.54. The van der Waals surface area contributed by atoms with Gasteiger partial charge in [-0.2, -0.15) is 0 Å². The minimum Gasteiger partial charge on any atom is -0.366 e. The quantitative estimate of drug-likeness (QED) is 0.900. The number of carbonyl (C=O) groups is 1. The predicted molar refractivity (Wildman–Crippen MR) is 71.3 cm³/mol. The summed E-state index contributed by atoms with van der Waals surface area (Å²) in [6.45, 7) is 6.08. The van der Waals surface area contributed by atoms with Crippen molar-refractivity contribution in [3.63, 3.8) is 0 Å². The Kier molecular flexibility index (Phi) is 3.19. The Labute approximate surface area is 106 Å². The van der Waals surface area contributed by atoms with Gasteiger partial charge >= 0.3 is 0 Å². The number of nitrogens with zero attached hydrogens (tertiary/aromatic N) is 2. The van der Waals surface area contributed by atoms with Crippen LogP contribution in [0.5, 0.6) is 0 Å². The number of rotatable bonds is 3. The fraction of sp³-hybridized carbons (Fsp3) is 0.286. The molecule has 2 heterocycles. The number of amides is 1. The van der Waals surface area contributed by atoms with Gasteiger partial charge in [-0.15, -0.1) is 0 Å². The summed E-state index contributed by atoms with van der Waals surface area (Å²) in [7, 11) is 0. The third-order valence-corrected chi connectivity index (χ3v) is 3.03. The molecule has 0 aromatic carbocycles. The zero-order valence-electron chi connectivity index (χ0n) is 10.8. The Balaban J connectivity index is 2.67. The van der Waals surface area contributed by atoms with Gasteiger partial charge in [0.15, 0.2) is 0 Å². The lowest BCUT2D eigenvalue weighted by molar-refractivity contribution is 0.0999. The summed E-state index contributed by atoms with van der Waals surface area (Å²) in [4.78, 5) is 15.6. The molecular formula is C14H17N3O. The molecule has 4 heteroatoms. The van der Waals surface area contributed by atoms with Gasteiger partial charge in [-0.1, -0.05) is 0 Å². The van der Waals surface area contributed by atoms with Crippen LogP contribution in [0, 0.1) is 6.92 Å². The summed E-state index contributed by atoms with van der Waals surface area (Å²) in [6, 6.07) is 5.96. The van der Waals surface area contributed by atoms with Crippen molar-refractivity contribution in [1.29, 1.82) is 0 Å². The van der Waals surface area contributed by atoms with Crippen LogP contribution in [0.15, 0.2) is 30.6 Å². The highest BCUT2D eigenvalue weighted by Crippen LogP contribution is 2.28. The molecular weight excluding hydrogens is 226 g/mol. The highest BCUT2D eigenvalue weighted by Gasteiger charge is 2.18. The minimum atomic E-state index is -0.392. The summed E-state index contributed by atoms with van der Waals surface area (Å²) in [6.07, 6.45) is 3.52. The van der Waals surface area contributed by atoms with Gasteiger partial charge in [-0.3, -0.25) is 9.78 Å². The van der Waals surface area contributed by atoms with E-state index in [1.165, 1.54) is 0 Å². The lowest BCUT2D eigenvalue weighted by Gasteiger charge is -2.15. The van der Waals surface area contributed by atoms with E-state index in [2.05, 4.69) is 23.4 Å². The first kappa shape index (κ1) is 12.4. The van der Waals surface area contributed by atoms with Crippen LogP contribution in [-0.2, 0) is 0 Å². The molecule has 0 atom stereocenters. The number of hydrogen-bond donors (Lipinski definition) is 1. The average Bonchev–Trinajstić information content (AvgIpc) is 2.68. The molecule has 0 radical (unpaired) electrons. The van der Waals surface area contributed by atoms with E-state index in [0.717, 1.165) is 17.0 Å². The van der Waals surface area contributed by atoms with Gasteiger partial charge in [-0.05, 0) is 39.0 Å². The number of aromatic nitrogens is 2. The Morgan fingerprint density at radius 1 is 1.44 bits per heavy atom. The maximum absolute atomic E-state index is 11.4. The van der Waals surface area contributed by atoms with Crippen LogP contribution >= 0.6 is 0 Å². The normalized spacial score (nSPS) is 10.9. The lowest BCUT2D eigenvalue weighted by Crippen LogP contribution is -2.13. The van der Waals surface area contributed by atoms with Crippen LogP contribution < -0.4 is 5.73 Å². The first-order chi connectivity index (χ1) is 8.52. The summed E-state index contributed by atoms with van der Waals surface area (Å²) in [5.41, 5.74) is 8.84. The Morgan fingerprint density at radius 2 is 2.17 bits per heavy atom. The second-order valence-electron chi connectivity index (χ2n) is 4.60. The monoisotopic (exact) mass is 243 g/mol. The number of nitrogens with two attached hydrogens (primary N) is 1. The summed E-state index contributed by atoms with van der Waals surface area (Å²) in [5, 5.41) is 0. The number of primary amides is 1. The average molecular weight is 243 g/mol. The number of carbonyl (C=O) groups excluding carboxylic acids is 1. The SMILES string of the molecule is Cc1c(C(N)=O)cc(-c2cccnc2)n1C(C)C. The van der Waals surface area contributed by atoms with E-state index in [9.17, 15) is 4.79 Å². The smallest absolute Gasteiger partial charge is 0.250 e. The van der Waals surface area contributed by atoms with Crippen molar-refractivity contribution in [3.8, 4) is 11.3 Å². The van der Waals surface area contributed by atoms with Crippen molar-refractivity contribution in [2.45, 2.75) is 26.8 Å². The standard InChI is InChI=1S/C14H17N3O/c1-9(2)17-10(3)12(14(15)18)7-13(17)11-5-4-6-16-8-11/h4-9H,1-3H3,(H2,15,18). The maximum Gasteiger partial charge on any atom is 0.250 e. The van der Waals surface area contributed by atoms with Crippen LogP contribution in [0.1, 0.15) is 35.9 Å². The summed E-state index contributed by atoms with van der Waals surface area (Å²) >= 11 is 0. The molecule has 94 valence electrons. The second kappa shape index (κ2) is 4.64. The Morgan fingerprint density at radius 3 is 2.67 bits per heavy atom. The highest BCUT2D eigenvalue weighted by molar-refractivity contribution is 5.95. The van der Waals surface area contributed by atoms with E-state index >= 15 is 0 Å². The van der Waals surface area contributed by atoms with E-state index in [-0.39, 0.29) is 6.04 Å². The molecule has 4 nitrogen and oxygen atoms in total. The van der Waals surface area contributed by atoms with Crippen LogP contribution in [0.3, 0.4) is 0 Å². The van der Waals surface area contributed by atoms with Gasteiger partial charge in [0.1, 0.15) is 0 Å². The molecule has 2 rings (SSSR count). The molecule has 0 aliphatic heterocycles. The van der Waals surface area contributed by atoms with E-state index in [4.69, 9.17) is 5.73 Å². The third-order valence-electron chi connectivity index (χ3n) is 3.03. The van der Waals surface area contributed by atoms with E-state index < -0.39 is 5.91 Å². The molecule has 1 amide bonds. The second-order valence-corrected chi connectivity index (χ2v) is 4.60. The first-order valence-corrected chi connectivity index (χ1v) is 5.94. The van der Waals surface area contributed by atoms with E-state index in [1.807, 2.05) is 25.1 Å². The Bertz CT molecular complexity index is 570. The van der Waals surface area contributed by atoms with Gasteiger partial charge < -0.3 is 10.3 Å². The van der Waals surface area contributed by atoms with Crippen molar-refractivity contribution in [1.82, 2.24) is 9.55 Å². The fourth-order valence-electron chi connectivity index (χ4n) is 2.27. The first-order valence-electron chi connectivity index (χ1n) is 5.94. The summed E-state index contributed by atoms with van der Waals surface area (Å²) in [5.74, 6) is -0.392. The molecule has 0 spiro atoms. The summed E-state index contributed by atoms with van der Waals surface area (Å²) < 4.78 is 2.11. The van der Waals surface area contributed by atoms with Crippen molar-refractivity contribution < 1.29 is 4.79 Å². The molecule has 0 aliphatic carbocycles. The molecule has 0 bridgehead atoms. The zero-order valence-corrected chi connectivity index (χ0v) is 10.8. The molecule has 0 saturated carbocycles. The van der Waals surface area contributed by atoms with Gasteiger partial charge in [0, 0.05) is 29.7 Å². The van der Waals surface area contributed by atoms with E-state index in [0.29, 0.717) is 5.56 Å². The number of hydrogen-bond acceptors (Lipinski definition) is 2. The van der Waals surface area contributed by atoms with Crippen LogP contribution in [0.4, 0.5) is 0 Å². The van der Waals surface area contributed by atoms with Crippen LogP contribution in [0.2, 0.25) is 0 Å². The van der Waals surface area contributed by atoms with Crippen molar-refractivity contribution in [2.75, 3.05) is 0 Å². The Hall–Kier alpha value is -2.10. The highest BCUT2D eigenvalue weighted by atomic mass is 16.1. The number of pyridine rings is 1. The van der Waals surface area contributed by atoms with Gasteiger partial charge in [0.2, 0.25) is 0 Å². The van der Waals surface area contributed by atoms with Crippen LogP contribution in [-0.4, -0.2) is 15.5 Å². The molecule has 2 aromatic rings. The lowest BCUT2D eigenvalue weighted by atomic mass is 10.2. The van der Waals surface area contributed by atoms with Gasteiger partial charge in [0.25, 0.3) is 5.91 Å². The van der Waals surface area contributed by atoms with Gasteiger partial charge in [-0.25, -0.2) is 0 Å². The molecule has 0 unspecified atom stereocenters. The molecule has 0 fully saturated rings. The molecule has 2 aromatic heterocycles. The topological polar surface area (TPSA) is 60.9 Å². The largest absolute Gasteiger partial charge is 0.366 e.